The van der Waals surface area contributed by atoms with Crippen LogP contribution in [0.1, 0.15) is 25.7 Å². The van der Waals surface area contributed by atoms with E-state index < -0.39 is 0 Å². The average Bonchev–Trinajstić information content (AvgIpc) is 2.18. The largest absolute Gasteiger partial charge is 0.350 e. The molecule has 2 N–H and O–H groups in total. The summed E-state index contributed by atoms with van der Waals surface area (Å²) in [6, 6.07) is 0.889. The topological polar surface area (TPSA) is 41.1 Å². The van der Waals surface area contributed by atoms with Crippen LogP contribution in [0.2, 0.25) is 0 Å². The number of rotatable bonds is 3. The summed E-state index contributed by atoms with van der Waals surface area (Å²) in [5, 5.41) is 6.18. The van der Waals surface area contributed by atoms with Crippen LogP contribution in [0.5, 0.6) is 0 Å². The molecule has 13 heavy (non-hydrogen) atoms. The summed E-state index contributed by atoms with van der Waals surface area (Å²) < 4.78 is 0. The third kappa shape index (κ3) is 3.19. The van der Waals surface area contributed by atoms with E-state index in [9.17, 15) is 4.79 Å². The van der Waals surface area contributed by atoms with Gasteiger partial charge in [0.05, 0.1) is 0 Å². The van der Waals surface area contributed by atoms with E-state index in [4.69, 9.17) is 0 Å². The van der Waals surface area contributed by atoms with Crippen molar-refractivity contribution < 1.29 is 4.79 Å². The smallest absolute Gasteiger partial charge is 0.243 e. The van der Waals surface area contributed by atoms with Crippen molar-refractivity contribution in [2.45, 2.75) is 37.8 Å². The molecule has 1 rings (SSSR count). The molecule has 0 heterocycles. The summed E-state index contributed by atoms with van der Waals surface area (Å²) in [4.78, 5) is 11.0. The van der Waals surface area contributed by atoms with Crippen molar-refractivity contribution >= 4 is 5.91 Å². The molecule has 0 aromatic rings. The van der Waals surface area contributed by atoms with Crippen LogP contribution >= 0.6 is 0 Å². The highest BCUT2D eigenvalue weighted by atomic mass is 16.1. The molecule has 1 saturated carbocycles. The molecule has 0 saturated heterocycles. The molecule has 1 fully saturated rings. The van der Waals surface area contributed by atoms with Crippen molar-refractivity contribution in [3.63, 3.8) is 0 Å². The summed E-state index contributed by atoms with van der Waals surface area (Å²) in [5.74, 6) is -0.0539. The molecule has 74 valence electrons. The Kier molecular flexibility index (Phi) is 3.96. The van der Waals surface area contributed by atoms with E-state index >= 15 is 0 Å². The van der Waals surface area contributed by atoms with Crippen LogP contribution in [0, 0.1) is 0 Å². The maximum Gasteiger partial charge on any atom is 0.243 e. The zero-order valence-electron chi connectivity index (χ0n) is 8.18. The van der Waals surface area contributed by atoms with Gasteiger partial charge in [-0.2, -0.15) is 0 Å². The van der Waals surface area contributed by atoms with Gasteiger partial charge < -0.3 is 10.6 Å². The van der Waals surface area contributed by atoms with Crippen molar-refractivity contribution in [3.05, 3.63) is 12.7 Å². The van der Waals surface area contributed by atoms with E-state index in [1.165, 1.54) is 18.9 Å². The maximum atomic E-state index is 11.0. The van der Waals surface area contributed by atoms with Gasteiger partial charge in [-0.3, -0.25) is 4.79 Å². The number of nitrogens with one attached hydrogen (secondary N) is 2. The molecule has 3 heteroatoms. The predicted octanol–water partition coefficient (Wildman–Crippen LogP) is 0.819. The Morgan fingerprint density at radius 2 is 2.15 bits per heavy atom. The van der Waals surface area contributed by atoms with Crippen molar-refractivity contribution in [1.29, 1.82) is 0 Å². The summed E-state index contributed by atoms with van der Waals surface area (Å²) in [6.45, 7) is 3.44. The fraction of sp³-hybridized carbons (Fsp3) is 0.700. The van der Waals surface area contributed by atoms with E-state index in [2.05, 4.69) is 17.2 Å². The predicted molar refractivity (Wildman–Crippen MR) is 53.4 cm³/mol. The van der Waals surface area contributed by atoms with E-state index in [0.717, 1.165) is 12.8 Å². The fourth-order valence-corrected chi connectivity index (χ4v) is 1.84. The van der Waals surface area contributed by atoms with Gasteiger partial charge in [-0.1, -0.05) is 6.58 Å². The Hall–Kier alpha value is -0.830. The minimum absolute atomic E-state index is 0.0539. The summed E-state index contributed by atoms with van der Waals surface area (Å²) >= 11 is 0. The van der Waals surface area contributed by atoms with Gasteiger partial charge in [0.15, 0.2) is 0 Å². The first-order valence-electron chi connectivity index (χ1n) is 4.86. The Morgan fingerprint density at radius 3 is 2.77 bits per heavy atom. The van der Waals surface area contributed by atoms with Gasteiger partial charge in [-0.25, -0.2) is 0 Å². The lowest BCUT2D eigenvalue weighted by atomic mass is 9.91. The number of hydrogen-bond acceptors (Lipinski definition) is 2. The van der Waals surface area contributed by atoms with Crippen molar-refractivity contribution in [3.8, 4) is 0 Å². The van der Waals surface area contributed by atoms with Crippen LogP contribution in [-0.2, 0) is 4.79 Å². The van der Waals surface area contributed by atoms with Crippen molar-refractivity contribution in [2.24, 2.45) is 0 Å². The van der Waals surface area contributed by atoms with Gasteiger partial charge >= 0.3 is 0 Å². The van der Waals surface area contributed by atoms with E-state index in [-0.39, 0.29) is 5.91 Å². The van der Waals surface area contributed by atoms with Crippen LogP contribution < -0.4 is 10.6 Å². The molecule has 1 amide bonds. The van der Waals surface area contributed by atoms with Crippen molar-refractivity contribution in [1.82, 2.24) is 10.6 Å². The number of carbonyl (C=O) groups is 1. The Morgan fingerprint density at radius 1 is 1.46 bits per heavy atom. The highest BCUT2D eigenvalue weighted by molar-refractivity contribution is 5.87. The highest BCUT2D eigenvalue weighted by Gasteiger charge is 2.20. The van der Waals surface area contributed by atoms with Gasteiger partial charge in [-0.05, 0) is 38.8 Å². The molecule has 0 radical (unpaired) electrons. The second-order valence-electron chi connectivity index (χ2n) is 3.56. The summed E-state index contributed by atoms with van der Waals surface area (Å²) in [7, 11) is 1.97. The monoisotopic (exact) mass is 182 g/mol. The van der Waals surface area contributed by atoms with Gasteiger partial charge in [0, 0.05) is 12.1 Å². The summed E-state index contributed by atoms with van der Waals surface area (Å²) in [6.07, 6.45) is 5.88. The zero-order chi connectivity index (χ0) is 9.68. The van der Waals surface area contributed by atoms with Gasteiger partial charge in [0.1, 0.15) is 0 Å². The average molecular weight is 182 g/mol. The molecular weight excluding hydrogens is 164 g/mol. The SMILES string of the molecule is C=CC(=O)NC1CCCC(NC)C1. The Bertz CT molecular complexity index is 191. The van der Waals surface area contributed by atoms with Crippen LogP contribution in [0.3, 0.4) is 0 Å². The lowest BCUT2D eigenvalue weighted by Crippen LogP contribution is -2.42. The molecule has 0 bridgehead atoms. The maximum absolute atomic E-state index is 11.0. The Balaban J connectivity index is 2.33. The minimum Gasteiger partial charge on any atom is -0.350 e. The third-order valence-electron chi connectivity index (χ3n) is 2.61. The molecule has 1 aliphatic rings. The molecule has 2 atom stereocenters. The number of carbonyl (C=O) groups excluding carboxylic acids is 1. The second kappa shape index (κ2) is 5.02. The number of hydrogen-bond donors (Lipinski definition) is 2. The van der Waals surface area contributed by atoms with Crippen molar-refractivity contribution in [2.75, 3.05) is 7.05 Å². The van der Waals surface area contributed by atoms with Crippen LogP contribution in [-0.4, -0.2) is 25.0 Å². The standard InChI is InChI=1S/C10H18N2O/c1-3-10(13)12-9-6-4-5-8(7-9)11-2/h3,8-9,11H,1,4-7H2,2H3,(H,12,13). The Labute approximate surface area is 79.6 Å². The zero-order valence-corrected chi connectivity index (χ0v) is 8.18. The normalized spacial score (nSPS) is 28.1. The van der Waals surface area contributed by atoms with Crippen LogP contribution in [0.4, 0.5) is 0 Å². The van der Waals surface area contributed by atoms with Crippen LogP contribution in [0.25, 0.3) is 0 Å². The molecule has 1 aliphatic carbocycles. The van der Waals surface area contributed by atoms with Gasteiger partial charge in [-0.15, -0.1) is 0 Å². The molecule has 0 spiro atoms. The van der Waals surface area contributed by atoms with E-state index in [1.807, 2.05) is 7.05 Å². The van der Waals surface area contributed by atoms with E-state index in [0.29, 0.717) is 12.1 Å². The number of amides is 1. The minimum atomic E-state index is -0.0539. The first kappa shape index (κ1) is 10.3. The third-order valence-corrected chi connectivity index (χ3v) is 2.61. The molecule has 2 unspecified atom stereocenters. The molecule has 0 aliphatic heterocycles. The summed E-state index contributed by atoms with van der Waals surface area (Å²) in [5.41, 5.74) is 0. The molecule has 0 aromatic heterocycles. The van der Waals surface area contributed by atoms with E-state index in [1.54, 1.807) is 0 Å². The van der Waals surface area contributed by atoms with Gasteiger partial charge in [0.2, 0.25) is 5.91 Å². The molecule has 3 nitrogen and oxygen atoms in total. The molecular formula is C10H18N2O. The van der Waals surface area contributed by atoms with Gasteiger partial charge in [0.25, 0.3) is 0 Å². The lowest BCUT2D eigenvalue weighted by Gasteiger charge is -2.29. The van der Waals surface area contributed by atoms with Crippen LogP contribution in [0.15, 0.2) is 12.7 Å². The first-order valence-corrected chi connectivity index (χ1v) is 4.86. The first-order chi connectivity index (χ1) is 6.26. The lowest BCUT2D eigenvalue weighted by molar-refractivity contribution is -0.117. The second-order valence-corrected chi connectivity index (χ2v) is 3.56. The quantitative estimate of drug-likeness (QED) is 0.634. The fourth-order valence-electron chi connectivity index (χ4n) is 1.84. The highest BCUT2D eigenvalue weighted by Crippen LogP contribution is 2.17. The molecule has 0 aromatic carbocycles.